The lowest BCUT2D eigenvalue weighted by Crippen LogP contribution is -2.46. The highest BCUT2D eigenvalue weighted by molar-refractivity contribution is 5.81. The first-order valence-electron chi connectivity index (χ1n) is 8.70. The number of carbonyl (C=O) groups excluding carboxylic acids is 3. The van der Waals surface area contributed by atoms with E-state index in [-0.39, 0.29) is 38.3 Å². The summed E-state index contributed by atoms with van der Waals surface area (Å²) in [5.74, 6) is -0.00980. The Kier molecular flexibility index (Phi) is 6.60. The Morgan fingerprint density at radius 1 is 1.23 bits per heavy atom. The minimum atomic E-state index is -0.632. The summed E-state index contributed by atoms with van der Waals surface area (Å²) < 4.78 is 10.5. The molecule has 1 aliphatic rings. The van der Waals surface area contributed by atoms with Crippen LogP contribution in [0.25, 0.3) is 0 Å². The van der Waals surface area contributed by atoms with Crippen LogP contribution >= 0.6 is 0 Å². The molecule has 2 amide bonds. The third-order valence-electron chi connectivity index (χ3n) is 3.76. The molecule has 0 bridgehead atoms. The van der Waals surface area contributed by atoms with Gasteiger partial charge in [0.15, 0.2) is 0 Å². The number of carbonyl (C=O) groups is 3. The third kappa shape index (κ3) is 6.74. The molecule has 1 saturated heterocycles. The van der Waals surface area contributed by atoms with E-state index in [0.29, 0.717) is 0 Å². The van der Waals surface area contributed by atoms with Gasteiger partial charge in [0.2, 0.25) is 0 Å². The van der Waals surface area contributed by atoms with E-state index < -0.39 is 23.8 Å². The van der Waals surface area contributed by atoms with Crippen molar-refractivity contribution in [2.45, 2.75) is 51.9 Å². The SMILES string of the molecule is CC(C)(C)OC(=O)NC1CC(=O)CCN(C(=O)OCc2ccccc2)C1. The normalized spacial score (nSPS) is 18.0. The van der Waals surface area contributed by atoms with Crippen LogP contribution in [0.2, 0.25) is 0 Å². The van der Waals surface area contributed by atoms with Gasteiger partial charge in [-0.1, -0.05) is 30.3 Å². The van der Waals surface area contributed by atoms with Gasteiger partial charge in [0.25, 0.3) is 0 Å². The number of hydrogen-bond donors (Lipinski definition) is 1. The Hall–Kier alpha value is -2.57. The molecule has 1 N–H and O–H groups in total. The van der Waals surface area contributed by atoms with Gasteiger partial charge in [0.05, 0.1) is 6.04 Å². The van der Waals surface area contributed by atoms with E-state index >= 15 is 0 Å². The van der Waals surface area contributed by atoms with E-state index in [1.54, 1.807) is 20.8 Å². The number of ether oxygens (including phenoxy) is 2. The second kappa shape index (κ2) is 8.69. The molecule has 0 saturated carbocycles. The molecular weight excluding hydrogens is 336 g/mol. The van der Waals surface area contributed by atoms with Crippen molar-refractivity contribution >= 4 is 18.0 Å². The zero-order valence-corrected chi connectivity index (χ0v) is 15.5. The van der Waals surface area contributed by atoms with Crippen LogP contribution in [0.3, 0.4) is 0 Å². The molecule has 0 aliphatic carbocycles. The molecule has 1 unspecified atom stereocenters. The van der Waals surface area contributed by atoms with Crippen molar-refractivity contribution in [1.82, 2.24) is 10.2 Å². The fourth-order valence-corrected chi connectivity index (χ4v) is 2.61. The molecule has 7 heteroatoms. The number of likely N-dealkylation sites (tertiary alicyclic amines) is 1. The van der Waals surface area contributed by atoms with E-state index in [0.717, 1.165) is 5.56 Å². The summed E-state index contributed by atoms with van der Waals surface area (Å²) >= 11 is 0. The van der Waals surface area contributed by atoms with E-state index in [4.69, 9.17) is 9.47 Å². The highest BCUT2D eigenvalue weighted by Crippen LogP contribution is 2.13. The summed E-state index contributed by atoms with van der Waals surface area (Å²) in [6.07, 6.45) is -0.691. The van der Waals surface area contributed by atoms with Crippen molar-refractivity contribution in [3.63, 3.8) is 0 Å². The van der Waals surface area contributed by atoms with Crippen molar-refractivity contribution in [2.75, 3.05) is 13.1 Å². The molecule has 26 heavy (non-hydrogen) atoms. The van der Waals surface area contributed by atoms with Crippen LogP contribution in [0, 0.1) is 0 Å². The molecule has 1 aromatic carbocycles. The Bertz CT molecular complexity index is 639. The average molecular weight is 362 g/mol. The standard InChI is InChI=1S/C19H26N2O5/c1-19(2,3)26-17(23)20-15-11-16(22)9-10-21(12-15)18(24)25-13-14-7-5-4-6-8-14/h4-8,15H,9-13H2,1-3H3,(H,20,23). The van der Waals surface area contributed by atoms with Gasteiger partial charge in [-0.2, -0.15) is 0 Å². The minimum absolute atomic E-state index is 0.00980. The fourth-order valence-electron chi connectivity index (χ4n) is 2.61. The predicted octanol–water partition coefficient (Wildman–Crippen LogP) is 2.88. The van der Waals surface area contributed by atoms with Crippen molar-refractivity contribution in [3.8, 4) is 0 Å². The van der Waals surface area contributed by atoms with Crippen molar-refractivity contribution < 1.29 is 23.9 Å². The van der Waals surface area contributed by atoms with Crippen LogP contribution in [-0.2, 0) is 20.9 Å². The predicted molar refractivity (Wildman–Crippen MR) is 95.6 cm³/mol. The molecule has 0 aromatic heterocycles. The Morgan fingerprint density at radius 3 is 2.58 bits per heavy atom. The van der Waals surface area contributed by atoms with Crippen molar-refractivity contribution in [2.24, 2.45) is 0 Å². The van der Waals surface area contributed by atoms with E-state index in [9.17, 15) is 14.4 Å². The lowest BCUT2D eigenvalue weighted by molar-refractivity contribution is -0.119. The van der Waals surface area contributed by atoms with Gasteiger partial charge >= 0.3 is 12.2 Å². The van der Waals surface area contributed by atoms with Gasteiger partial charge < -0.3 is 19.7 Å². The quantitative estimate of drug-likeness (QED) is 0.894. The van der Waals surface area contributed by atoms with E-state index in [1.807, 2.05) is 30.3 Å². The van der Waals surface area contributed by atoms with E-state index in [1.165, 1.54) is 4.90 Å². The maximum absolute atomic E-state index is 12.3. The van der Waals surface area contributed by atoms with Crippen molar-refractivity contribution in [3.05, 3.63) is 35.9 Å². The molecule has 1 atom stereocenters. The molecular formula is C19H26N2O5. The van der Waals surface area contributed by atoms with Gasteiger partial charge in [-0.05, 0) is 26.3 Å². The molecule has 7 nitrogen and oxygen atoms in total. The van der Waals surface area contributed by atoms with Crippen LogP contribution in [0.4, 0.5) is 9.59 Å². The molecule has 2 rings (SSSR count). The highest BCUT2D eigenvalue weighted by atomic mass is 16.6. The molecule has 142 valence electrons. The van der Waals surface area contributed by atoms with Crippen LogP contribution in [0.5, 0.6) is 0 Å². The summed E-state index contributed by atoms with van der Waals surface area (Å²) in [6, 6.07) is 8.86. The number of amides is 2. The maximum atomic E-state index is 12.3. The number of benzene rings is 1. The first-order chi connectivity index (χ1) is 12.2. The number of nitrogens with zero attached hydrogens (tertiary/aromatic N) is 1. The summed E-state index contributed by atoms with van der Waals surface area (Å²) in [6.45, 7) is 5.93. The number of alkyl carbamates (subject to hydrolysis) is 1. The van der Waals surface area contributed by atoms with Crippen LogP contribution in [0.15, 0.2) is 30.3 Å². The van der Waals surface area contributed by atoms with Gasteiger partial charge in [0, 0.05) is 25.9 Å². The van der Waals surface area contributed by atoms with Gasteiger partial charge in [-0.25, -0.2) is 9.59 Å². The average Bonchev–Trinajstić information content (AvgIpc) is 2.73. The second-order valence-corrected chi connectivity index (χ2v) is 7.32. The van der Waals surface area contributed by atoms with Crippen LogP contribution in [0.1, 0.15) is 39.2 Å². The Balaban J connectivity index is 1.92. The Labute approximate surface area is 153 Å². The first-order valence-corrected chi connectivity index (χ1v) is 8.70. The topological polar surface area (TPSA) is 84.9 Å². The van der Waals surface area contributed by atoms with Gasteiger partial charge in [-0.3, -0.25) is 4.79 Å². The third-order valence-corrected chi connectivity index (χ3v) is 3.76. The first kappa shape index (κ1) is 19.8. The Morgan fingerprint density at radius 2 is 1.92 bits per heavy atom. The highest BCUT2D eigenvalue weighted by Gasteiger charge is 2.29. The van der Waals surface area contributed by atoms with Crippen LogP contribution < -0.4 is 5.32 Å². The van der Waals surface area contributed by atoms with Crippen molar-refractivity contribution in [1.29, 1.82) is 0 Å². The summed E-state index contributed by atoms with van der Waals surface area (Å²) in [5, 5.41) is 2.67. The lowest BCUT2D eigenvalue weighted by Gasteiger charge is -2.26. The molecule has 0 spiro atoms. The number of nitrogens with one attached hydrogen (secondary N) is 1. The number of hydrogen-bond acceptors (Lipinski definition) is 5. The smallest absolute Gasteiger partial charge is 0.410 e. The molecule has 1 aliphatic heterocycles. The zero-order chi connectivity index (χ0) is 19.2. The number of rotatable bonds is 3. The molecule has 1 heterocycles. The zero-order valence-electron chi connectivity index (χ0n) is 15.5. The lowest BCUT2D eigenvalue weighted by atomic mass is 10.1. The summed E-state index contributed by atoms with van der Waals surface area (Å²) in [5.41, 5.74) is 0.253. The minimum Gasteiger partial charge on any atom is -0.445 e. The number of Topliss-reactive ketones (excluding diaryl/α,β-unsaturated/α-hetero) is 1. The molecule has 0 radical (unpaired) electrons. The van der Waals surface area contributed by atoms with Gasteiger partial charge in [-0.15, -0.1) is 0 Å². The largest absolute Gasteiger partial charge is 0.445 e. The molecule has 1 aromatic rings. The maximum Gasteiger partial charge on any atom is 0.410 e. The molecule has 1 fully saturated rings. The monoisotopic (exact) mass is 362 g/mol. The summed E-state index contributed by atoms with van der Waals surface area (Å²) in [4.78, 5) is 37.7. The van der Waals surface area contributed by atoms with Gasteiger partial charge in [0.1, 0.15) is 18.0 Å². The fraction of sp³-hybridized carbons (Fsp3) is 0.526. The summed E-state index contributed by atoms with van der Waals surface area (Å²) in [7, 11) is 0. The van der Waals surface area contributed by atoms with E-state index in [2.05, 4.69) is 5.32 Å². The van der Waals surface area contributed by atoms with Crippen LogP contribution in [-0.4, -0.2) is 47.6 Å². The second-order valence-electron chi connectivity index (χ2n) is 7.32. The number of ketones is 1.